The molecule has 138 valence electrons. The van der Waals surface area contributed by atoms with E-state index in [0.29, 0.717) is 11.3 Å². The van der Waals surface area contributed by atoms with E-state index in [9.17, 15) is 9.59 Å². The molecule has 0 aliphatic carbocycles. The van der Waals surface area contributed by atoms with Crippen molar-refractivity contribution in [2.75, 3.05) is 0 Å². The van der Waals surface area contributed by atoms with E-state index in [2.05, 4.69) is 25.1 Å². The summed E-state index contributed by atoms with van der Waals surface area (Å²) >= 11 is 0. The molecule has 0 bridgehead atoms. The van der Waals surface area contributed by atoms with Gasteiger partial charge in [-0.1, -0.05) is 30.3 Å². The van der Waals surface area contributed by atoms with E-state index < -0.39 is 0 Å². The van der Waals surface area contributed by atoms with Crippen molar-refractivity contribution in [3.8, 4) is 11.4 Å². The molecule has 3 heterocycles. The number of aromatic amines is 1. The molecule has 0 saturated heterocycles. The first-order valence-electron chi connectivity index (χ1n) is 9.09. The van der Waals surface area contributed by atoms with E-state index >= 15 is 0 Å². The zero-order valence-corrected chi connectivity index (χ0v) is 15.1. The van der Waals surface area contributed by atoms with Gasteiger partial charge in [-0.15, -0.1) is 10.2 Å². The summed E-state index contributed by atoms with van der Waals surface area (Å²) in [7, 11) is 0. The van der Waals surface area contributed by atoms with Crippen LogP contribution in [-0.2, 0) is 13.0 Å². The predicted molar refractivity (Wildman–Crippen MR) is 101 cm³/mol. The van der Waals surface area contributed by atoms with Gasteiger partial charge < -0.3 is 14.9 Å². The highest BCUT2D eigenvalue weighted by Crippen LogP contribution is 2.22. The summed E-state index contributed by atoms with van der Waals surface area (Å²) in [6, 6.07) is 13.1. The third kappa shape index (κ3) is 3.67. The highest BCUT2D eigenvalue weighted by atomic mass is 16.2. The van der Waals surface area contributed by atoms with Crippen LogP contribution in [-0.4, -0.2) is 31.7 Å². The second-order valence-corrected chi connectivity index (χ2v) is 6.87. The number of aromatic nitrogens is 4. The molecule has 27 heavy (non-hydrogen) atoms. The molecule has 1 unspecified atom stereocenters. The molecule has 1 aliphatic rings. The SMILES string of the molecule is Cc1cc(C(=O)NC2CCc3nnc(-c4ccccc4)n3CC2)cc(=O)[nH]1. The third-order valence-electron chi connectivity index (χ3n) is 4.85. The molecule has 0 radical (unpaired) electrons. The van der Waals surface area contributed by atoms with Gasteiger partial charge in [-0.05, 0) is 25.8 Å². The molecule has 0 spiro atoms. The van der Waals surface area contributed by atoms with Crippen LogP contribution in [0.2, 0.25) is 0 Å². The largest absolute Gasteiger partial charge is 0.349 e. The lowest BCUT2D eigenvalue weighted by Gasteiger charge is -2.16. The van der Waals surface area contributed by atoms with Gasteiger partial charge >= 0.3 is 0 Å². The number of hydrogen-bond acceptors (Lipinski definition) is 4. The molecule has 3 aromatic rings. The molecular formula is C20H21N5O2. The van der Waals surface area contributed by atoms with E-state index in [4.69, 9.17) is 0 Å². The quantitative estimate of drug-likeness (QED) is 0.745. The van der Waals surface area contributed by atoms with E-state index in [0.717, 1.165) is 43.0 Å². The topological polar surface area (TPSA) is 92.7 Å². The van der Waals surface area contributed by atoms with Crippen molar-refractivity contribution >= 4 is 5.91 Å². The van der Waals surface area contributed by atoms with Gasteiger partial charge in [-0.2, -0.15) is 0 Å². The molecule has 1 atom stereocenters. The number of pyridine rings is 1. The normalized spacial score (nSPS) is 16.4. The average molecular weight is 363 g/mol. The number of carbonyl (C=O) groups is 1. The molecule has 1 aliphatic heterocycles. The number of benzene rings is 1. The average Bonchev–Trinajstić information content (AvgIpc) is 2.96. The Morgan fingerprint density at radius 3 is 2.78 bits per heavy atom. The second kappa shape index (κ2) is 7.19. The summed E-state index contributed by atoms with van der Waals surface area (Å²) in [6.45, 7) is 2.51. The Bertz CT molecular complexity index is 1020. The Morgan fingerprint density at radius 1 is 1.19 bits per heavy atom. The predicted octanol–water partition coefficient (Wildman–Crippen LogP) is 2.08. The van der Waals surface area contributed by atoms with Crippen molar-refractivity contribution in [1.29, 1.82) is 0 Å². The summed E-state index contributed by atoms with van der Waals surface area (Å²) in [4.78, 5) is 26.8. The number of fused-ring (bicyclic) bond motifs is 1. The van der Waals surface area contributed by atoms with Gasteiger partial charge in [0.2, 0.25) is 5.56 Å². The van der Waals surface area contributed by atoms with Crippen molar-refractivity contribution < 1.29 is 4.79 Å². The van der Waals surface area contributed by atoms with Crippen LogP contribution < -0.4 is 10.9 Å². The smallest absolute Gasteiger partial charge is 0.251 e. The fraction of sp³-hybridized carbons (Fsp3) is 0.300. The van der Waals surface area contributed by atoms with Gasteiger partial charge in [0.15, 0.2) is 5.82 Å². The molecular weight excluding hydrogens is 342 g/mol. The number of nitrogens with one attached hydrogen (secondary N) is 2. The third-order valence-corrected chi connectivity index (χ3v) is 4.85. The number of rotatable bonds is 3. The first-order chi connectivity index (χ1) is 13.1. The van der Waals surface area contributed by atoms with Crippen LogP contribution in [0.4, 0.5) is 0 Å². The van der Waals surface area contributed by atoms with Crippen LogP contribution in [0, 0.1) is 6.92 Å². The maximum absolute atomic E-state index is 12.5. The van der Waals surface area contributed by atoms with Crippen molar-refractivity contribution in [2.24, 2.45) is 0 Å². The summed E-state index contributed by atoms with van der Waals surface area (Å²) in [6.07, 6.45) is 2.33. The maximum Gasteiger partial charge on any atom is 0.251 e. The Hall–Kier alpha value is -3.22. The lowest BCUT2D eigenvalue weighted by molar-refractivity contribution is 0.0932. The Kier molecular flexibility index (Phi) is 4.58. The van der Waals surface area contributed by atoms with E-state index in [1.165, 1.54) is 6.07 Å². The van der Waals surface area contributed by atoms with E-state index in [1.807, 2.05) is 30.3 Å². The van der Waals surface area contributed by atoms with Crippen LogP contribution in [0.15, 0.2) is 47.3 Å². The lowest BCUT2D eigenvalue weighted by Crippen LogP contribution is -2.35. The van der Waals surface area contributed by atoms with Crippen molar-refractivity contribution in [2.45, 2.75) is 38.8 Å². The fourth-order valence-electron chi connectivity index (χ4n) is 3.52. The first-order valence-corrected chi connectivity index (χ1v) is 9.09. The van der Waals surface area contributed by atoms with Crippen molar-refractivity contribution in [3.05, 3.63) is 69.9 Å². The van der Waals surface area contributed by atoms with Gasteiger partial charge in [-0.25, -0.2) is 0 Å². The van der Waals surface area contributed by atoms with Gasteiger partial charge in [-0.3, -0.25) is 9.59 Å². The fourth-order valence-corrected chi connectivity index (χ4v) is 3.52. The number of hydrogen-bond donors (Lipinski definition) is 2. The van der Waals surface area contributed by atoms with Crippen LogP contribution in [0.5, 0.6) is 0 Å². The van der Waals surface area contributed by atoms with Gasteiger partial charge in [0.25, 0.3) is 5.91 Å². The van der Waals surface area contributed by atoms with Gasteiger partial charge in [0.05, 0.1) is 0 Å². The molecule has 2 N–H and O–H groups in total. The van der Waals surface area contributed by atoms with Crippen LogP contribution in [0.1, 0.15) is 34.7 Å². The molecule has 4 rings (SSSR count). The summed E-state index contributed by atoms with van der Waals surface area (Å²) in [5, 5.41) is 11.8. The van der Waals surface area contributed by atoms with Crippen LogP contribution in [0.25, 0.3) is 11.4 Å². The Morgan fingerprint density at radius 2 is 2.00 bits per heavy atom. The zero-order valence-electron chi connectivity index (χ0n) is 15.1. The Balaban J connectivity index is 1.48. The minimum atomic E-state index is -0.264. The summed E-state index contributed by atoms with van der Waals surface area (Å²) in [5.41, 5.74) is 1.84. The molecule has 1 amide bonds. The first kappa shape index (κ1) is 17.2. The zero-order chi connectivity index (χ0) is 18.8. The van der Waals surface area contributed by atoms with Crippen LogP contribution >= 0.6 is 0 Å². The molecule has 7 heteroatoms. The standard InChI is InChI=1S/C20H21N5O2/c1-13-11-15(12-18(26)21-13)20(27)22-16-7-8-17-23-24-19(25(17)10-9-16)14-5-3-2-4-6-14/h2-6,11-12,16H,7-10H2,1H3,(H,21,26)(H,22,27). The van der Waals surface area contributed by atoms with E-state index in [-0.39, 0.29) is 17.5 Å². The van der Waals surface area contributed by atoms with Crippen LogP contribution in [0.3, 0.4) is 0 Å². The summed E-state index contributed by atoms with van der Waals surface area (Å²) in [5.74, 6) is 1.59. The maximum atomic E-state index is 12.5. The number of aryl methyl sites for hydroxylation is 2. The lowest BCUT2D eigenvalue weighted by atomic mass is 10.1. The molecule has 0 fully saturated rings. The molecule has 7 nitrogen and oxygen atoms in total. The van der Waals surface area contributed by atoms with E-state index in [1.54, 1.807) is 13.0 Å². The molecule has 0 saturated carbocycles. The highest BCUT2D eigenvalue weighted by Gasteiger charge is 2.22. The number of carbonyl (C=O) groups excluding carboxylic acids is 1. The highest BCUT2D eigenvalue weighted by molar-refractivity contribution is 5.94. The number of H-pyrrole nitrogens is 1. The minimum absolute atomic E-state index is 0.0300. The monoisotopic (exact) mass is 363 g/mol. The minimum Gasteiger partial charge on any atom is -0.349 e. The van der Waals surface area contributed by atoms with Gasteiger partial charge in [0, 0.05) is 41.9 Å². The van der Waals surface area contributed by atoms with Gasteiger partial charge in [0.1, 0.15) is 5.82 Å². The van der Waals surface area contributed by atoms with Crippen molar-refractivity contribution in [1.82, 2.24) is 25.1 Å². The molecule has 2 aromatic heterocycles. The number of amides is 1. The second-order valence-electron chi connectivity index (χ2n) is 6.87. The Labute approximate surface area is 156 Å². The summed E-state index contributed by atoms with van der Waals surface area (Å²) < 4.78 is 2.14. The molecule has 1 aromatic carbocycles. The number of nitrogens with zero attached hydrogens (tertiary/aromatic N) is 3. The van der Waals surface area contributed by atoms with Crippen molar-refractivity contribution in [3.63, 3.8) is 0 Å².